The SMILES string of the molecule is COCCN(CCOC)c1cc(Cl)c(Cl)cc1N. The monoisotopic (exact) mass is 292 g/mol. The summed E-state index contributed by atoms with van der Waals surface area (Å²) in [6, 6.07) is 3.43. The summed E-state index contributed by atoms with van der Waals surface area (Å²) in [6.45, 7) is 2.62. The molecule has 1 aromatic rings. The number of ether oxygens (including phenoxy) is 2. The number of anilines is 2. The highest BCUT2D eigenvalue weighted by Gasteiger charge is 2.12. The summed E-state index contributed by atoms with van der Waals surface area (Å²) in [7, 11) is 3.32. The van der Waals surface area contributed by atoms with E-state index in [2.05, 4.69) is 4.90 Å². The van der Waals surface area contributed by atoms with Gasteiger partial charge in [-0.15, -0.1) is 0 Å². The van der Waals surface area contributed by atoms with Gasteiger partial charge in [-0.1, -0.05) is 23.2 Å². The van der Waals surface area contributed by atoms with E-state index < -0.39 is 0 Å². The number of nitrogens with two attached hydrogens (primary N) is 1. The molecule has 2 N–H and O–H groups in total. The number of benzene rings is 1. The van der Waals surface area contributed by atoms with Crippen molar-refractivity contribution < 1.29 is 9.47 Å². The minimum Gasteiger partial charge on any atom is -0.397 e. The van der Waals surface area contributed by atoms with Gasteiger partial charge in [0.1, 0.15) is 0 Å². The van der Waals surface area contributed by atoms with E-state index >= 15 is 0 Å². The third-order valence-electron chi connectivity index (χ3n) is 2.54. The maximum atomic E-state index is 6.02. The molecule has 1 aromatic carbocycles. The molecule has 1 rings (SSSR count). The third-order valence-corrected chi connectivity index (χ3v) is 3.26. The van der Waals surface area contributed by atoms with Crippen molar-refractivity contribution in [3.63, 3.8) is 0 Å². The Balaban J connectivity index is 2.92. The highest BCUT2D eigenvalue weighted by Crippen LogP contribution is 2.32. The van der Waals surface area contributed by atoms with Gasteiger partial charge in [0.25, 0.3) is 0 Å². The summed E-state index contributed by atoms with van der Waals surface area (Å²) in [5.41, 5.74) is 7.41. The summed E-state index contributed by atoms with van der Waals surface area (Å²) >= 11 is 11.9. The normalized spacial score (nSPS) is 10.7. The van der Waals surface area contributed by atoms with E-state index in [0.717, 1.165) is 5.69 Å². The van der Waals surface area contributed by atoms with Crippen LogP contribution in [0.4, 0.5) is 11.4 Å². The number of rotatable bonds is 7. The summed E-state index contributed by atoms with van der Waals surface area (Å²) in [6.07, 6.45) is 0. The van der Waals surface area contributed by atoms with Crippen molar-refractivity contribution in [2.45, 2.75) is 0 Å². The van der Waals surface area contributed by atoms with Crippen molar-refractivity contribution in [2.75, 3.05) is 51.2 Å². The van der Waals surface area contributed by atoms with Crippen LogP contribution in [-0.4, -0.2) is 40.5 Å². The molecule has 0 saturated carbocycles. The van der Waals surface area contributed by atoms with E-state index in [1.165, 1.54) is 0 Å². The highest BCUT2D eigenvalue weighted by molar-refractivity contribution is 6.42. The fourth-order valence-corrected chi connectivity index (χ4v) is 1.91. The second-order valence-electron chi connectivity index (χ2n) is 3.80. The molecule has 0 heterocycles. The summed E-state index contributed by atoms with van der Waals surface area (Å²) in [5, 5.41) is 0.942. The van der Waals surface area contributed by atoms with Gasteiger partial charge in [-0.2, -0.15) is 0 Å². The first-order chi connectivity index (χ1) is 8.60. The Morgan fingerprint density at radius 1 is 1.06 bits per heavy atom. The maximum Gasteiger partial charge on any atom is 0.0637 e. The van der Waals surface area contributed by atoms with Gasteiger partial charge in [-0.3, -0.25) is 0 Å². The van der Waals surface area contributed by atoms with E-state index in [0.29, 0.717) is 42.0 Å². The Labute approximate surface area is 118 Å². The predicted molar refractivity (Wildman–Crippen MR) is 76.8 cm³/mol. The number of halogens is 2. The second kappa shape index (κ2) is 7.69. The zero-order valence-corrected chi connectivity index (χ0v) is 12.1. The van der Waals surface area contributed by atoms with E-state index in [-0.39, 0.29) is 0 Å². The van der Waals surface area contributed by atoms with E-state index in [4.69, 9.17) is 38.4 Å². The van der Waals surface area contributed by atoms with Gasteiger partial charge in [0.05, 0.1) is 34.6 Å². The van der Waals surface area contributed by atoms with Crippen LogP contribution < -0.4 is 10.6 Å². The van der Waals surface area contributed by atoms with Gasteiger partial charge < -0.3 is 20.1 Å². The fraction of sp³-hybridized carbons (Fsp3) is 0.500. The molecule has 0 aliphatic rings. The quantitative estimate of drug-likeness (QED) is 0.785. The van der Waals surface area contributed by atoms with Crippen LogP contribution in [0.3, 0.4) is 0 Å². The van der Waals surface area contributed by atoms with Crippen LogP contribution in [0.2, 0.25) is 10.0 Å². The molecule has 6 heteroatoms. The van der Waals surface area contributed by atoms with Gasteiger partial charge >= 0.3 is 0 Å². The molecule has 102 valence electrons. The van der Waals surface area contributed by atoms with Crippen molar-refractivity contribution >= 4 is 34.6 Å². The van der Waals surface area contributed by atoms with Gasteiger partial charge in [0.15, 0.2) is 0 Å². The molecule has 0 aliphatic carbocycles. The van der Waals surface area contributed by atoms with Crippen LogP contribution >= 0.6 is 23.2 Å². The first-order valence-corrected chi connectivity index (χ1v) is 6.33. The standard InChI is InChI=1S/C12H18Cl2N2O2/c1-17-5-3-16(4-6-18-2)12-8-10(14)9(13)7-11(12)15/h7-8H,3-6,15H2,1-2H3. The Morgan fingerprint density at radius 3 is 2.06 bits per heavy atom. The zero-order valence-electron chi connectivity index (χ0n) is 10.6. The van der Waals surface area contributed by atoms with Crippen molar-refractivity contribution in [3.8, 4) is 0 Å². The average Bonchev–Trinajstić information content (AvgIpc) is 2.35. The lowest BCUT2D eigenvalue weighted by Crippen LogP contribution is -2.31. The Hall–Kier alpha value is -0.680. The summed E-state index contributed by atoms with van der Waals surface area (Å²) in [4.78, 5) is 2.06. The van der Waals surface area contributed by atoms with Gasteiger partial charge in [0, 0.05) is 27.3 Å². The van der Waals surface area contributed by atoms with Crippen LogP contribution in [-0.2, 0) is 9.47 Å². The number of hydrogen-bond donors (Lipinski definition) is 1. The van der Waals surface area contributed by atoms with Crippen molar-refractivity contribution in [3.05, 3.63) is 22.2 Å². The second-order valence-corrected chi connectivity index (χ2v) is 4.61. The average molecular weight is 293 g/mol. The van der Waals surface area contributed by atoms with E-state index in [1.807, 2.05) is 0 Å². The third kappa shape index (κ3) is 4.21. The predicted octanol–water partition coefficient (Wildman–Crippen LogP) is 2.67. The molecule has 0 aromatic heterocycles. The lowest BCUT2D eigenvalue weighted by Gasteiger charge is -2.26. The van der Waals surface area contributed by atoms with Crippen LogP contribution in [0.1, 0.15) is 0 Å². The molecular weight excluding hydrogens is 275 g/mol. The largest absolute Gasteiger partial charge is 0.397 e. The molecule has 0 amide bonds. The van der Waals surface area contributed by atoms with Gasteiger partial charge in [-0.25, -0.2) is 0 Å². The Morgan fingerprint density at radius 2 is 1.56 bits per heavy atom. The molecule has 0 unspecified atom stereocenters. The van der Waals surface area contributed by atoms with Crippen molar-refractivity contribution in [1.29, 1.82) is 0 Å². The number of hydrogen-bond acceptors (Lipinski definition) is 4. The first kappa shape index (κ1) is 15.4. The van der Waals surface area contributed by atoms with Crippen LogP contribution in [0, 0.1) is 0 Å². The van der Waals surface area contributed by atoms with Crippen molar-refractivity contribution in [1.82, 2.24) is 0 Å². The molecule has 4 nitrogen and oxygen atoms in total. The number of nitrogens with zero attached hydrogens (tertiary/aromatic N) is 1. The molecule has 0 atom stereocenters. The Bertz CT molecular complexity index is 381. The van der Waals surface area contributed by atoms with Crippen LogP contribution in [0.15, 0.2) is 12.1 Å². The number of nitrogen functional groups attached to an aromatic ring is 1. The molecule has 0 saturated heterocycles. The van der Waals surface area contributed by atoms with Gasteiger partial charge in [0.2, 0.25) is 0 Å². The lowest BCUT2D eigenvalue weighted by molar-refractivity contribution is 0.190. The smallest absolute Gasteiger partial charge is 0.0637 e. The Kier molecular flexibility index (Phi) is 6.57. The first-order valence-electron chi connectivity index (χ1n) is 5.57. The van der Waals surface area contributed by atoms with Crippen LogP contribution in [0.25, 0.3) is 0 Å². The fourth-order valence-electron chi connectivity index (χ4n) is 1.58. The molecule has 0 spiro atoms. The molecule has 0 fully saturated rings. The highest BCUT2D eigenvalue weighted by atomic mass is 35.5. The number of methoxy groups -OCH3 is 2. The van der Waals surface area contributed by atoms with Crippen molar-refractivity contribution in [2.24, 2.45) is 0 Å². The molecule has 0 aliphatic heterocycles. The summed E-state index contributed by atoms with van der Waals surface area (Å²) < 4.78 is 10.2. The summed E-state index contributed by atoms with van der Waals surface area (Å²) in [5.74, 6) is 0. The zero-order chi connectivity index (χ0) is 13.5. The topological polar surface area (TPSA) is 47.7 Å². The van der Waals surface area contributed by atoms with E-state index in [1.54, 1.807) is 26.4 Å². The molecule has 0 bridgehead atoms. The lowest BCUT2D eigenvalue weighted by atomic mass is 10.2. The minimum absolute atomic E-state index is 0.455. The van der Waals surface area contributed by atoms with Gasteiger partial charge in [-0.05, 0) is 12.1 Å². The molecule has 0 radical (unpaired) electrons. The maximum absolute atomic E-state index is 6.02. The molecule has 18 heavy (non-hydrogen) atoms. The van der Waals surface area contributed by atoms with Crippen LogP contribution in [0.5, 0.6) is 0 Å². The minimum atomic E-state index is 0.455. The molecular formula is C12H18Cl2N2O2. The van der Waals surface area contributed by atoms with E-state index in [9.17, 15) is 0 Å².